The predicted octanol–water partition coefficient (Wildman–Crippen LogP) is 2.32. The topological polar surface area (TPSA) is 17.1 Å². The third-order valence-corrected chi connectivity index (χ3v) is 3.04. The Balaban J connectivity index is 2.12. The summed E-state index contributed by atoms with van der Waals surface area (Å²) in [6, 6.07) is 0. The Morgan fingerprint density at radius 1 is 1.36 bits per heavy atom. The molecule has 0 aromatic carbocycles. The Labute approximate surface area is 67.5 Å². The molecule has 0 N–H and O–H groups in total. The molecule has 0 spiro atoms. The lowest BCUT2D eigenvalue weighted by molar-refractivity contribution is -0.105. The Hall–Kier alpha value is -0.590. The highest BCUT2D eigenvalue weighted by Crippen LogP contribution is 2.39. The molecule has 0 heterocycles. The zero-order valence-corrected chi connectivity index (χ0v) is 6.75. The van der Waals surface area contributed by atoms with Gasteiger partial charge < -0.3 is 0 Å². The van der Waals surface area contributed by atoms with Crippen LogP contribution in [-0.4, -0.2) is 6.29 Å². The summed E-state index contributed by atoms with van der Waals surface area (Å²) in [6.45, 7) is 0. The van der Waals surface area contributed by atoms with E-state index < -0.39 is 0 Å². The summed E-state index contributed by atoms with van der Waals surface area (Å²) in [6.07, 6.45) is 9.53. The van der Waals surface area contributed by atoms with E-state index in [1.807, 2.05) is 0 Å². The first kappa shape index (κ1) is 7.08. The summed E-state index contributed by atoms with van der Waals surface area (Å²) in [4.78, 5) is 10.5. The van der Waals surface area contributed by atoms with Crippen molar-refractivity contribution in [1.29, 1.82) is 0 Å². The number of aldehydes is 1. The van der Waals surface area contributed by atoms with Crippen molar-refractivity contribution in [3.05, 3.63) is 11.6 Å². The molecule has 1 heteroatoms. The minimum atomic E-state index is 0.832. The SMILES string of the molecule is O=CC1=CCC2CCC(C1)C2. The van der Waals surface area contributed by atoms with Crippen molar-refractivity contribution >= 4 is 6.29 Å². The Bertz CT molecular complexity index is 193. The molecule has 2 aliphatic rings. The van der Waals surface area contributed by atoms with Crippen molar-refractivity contribution in [1.82, 2.24) is 0 Å². The van der Waals surface area contributed by atoms with Gasteiger partial charge in [-0.25, -0.2) is 0 Å². The van der Waals surface area contributed by atoms with Crippen molar-refractivity contribution in [2.45, 2.75) is 32.1 Å². The molecular weight excluding hydrogens is 136 g/mol. The maximum Gasteiger partial charge on any atom is 0.145 e. The first-order valence-electron chi connectivity index (χ1n) is 4.52. The van der Waals surface area contributed by atoms with Gasteiger partial charge in [-0.15, -0.1) is 0 Å². The predicted molar refractivity (Wildman–Crippen MR) is 44.2 cm³/mol. The first-order chi connectivity index (χ1) is 5.38. The van der Waals surface area contributed by atoms with Crippen LogP contribution < -0.4 is 0 Å². The van der Waals surface area contributed by atoms with Crippen LogP contribution in [0, 0.1) is 11.8 Å². The lowest BCUT2D eigenvalue weighted by Crippen LogP contribution is -1.95. The number of carbonyl (C=O) groups is 1. The fourth-order valence-corrected chi connectivity index (χ4v) is 2.41. The number of hydrogen-bond donors (Lipinski definition) is 0. The summed E-state index contributed by atoms with van der Waals surface area (Å²) < 4.78 is 0. The van der Waals surface area contributed by atoms with Crippen LogP contribution in [0.4, 0.5) is 0 Å². The Morgan fingerprint density at radius 3 is 3.00 bits per heavy atom. The zero-order chi connectivity index (χ0) is 7.68. The van der Waals surface area contributed by atoms with Crippen molar-refractivity contribution < 1.29 is 4.79 Å². The summed E-state index contributed by atoms with van der Waals surface area (Å²) in [5, 5.41) is 0. The van der Waals surface area contributed by atoms with Gasteiger partial charge in [0.15, 0.2) is 0 Å². The van der Waals surface area contributed by atoms with Crippen LogP contribution in [0.25, 0.3) is 0 Å². The normalized spacial score (nSPS) is 36.2. The first-order valence-corrected chi connectivity index (χ1v) is 4.52. The zero-order valence-electron chi connectivity index (χ0n) is 6.75. The largest absolute Gasteiger partial charge is 0.298 e. The van der Waals surface area contributed by atoms with Crippen LogP contribution in [0.2, 0.25) is 0 Å². The molecule has 0 amide bonds. The van der Waals surface area contributed by atoms with Crippen LogP contribution >= 0.6 is 0 Å². The average molecular weight is 150 g/mol. The van der Waals surface area contributed by atoms with Gasteiger partial charge in [0, 0.05) is 0 Å². The molecule has 2 rings (SSSR count). The fourth-order valence-electron chi connectivity index (χ4n) is 2.41. The van der Waals surface area contributed by atoms with E-state index in [0.29, 0.717) is 0 Å². The molecule has 2 aliphatic carbocycles. The van der Waals surface area contributed by atoms with Gasteiger partial charge in [0.05, 0.1) is 0 Å². The monoisotopic (exact) mass is 150 g/mol. The van der Waals surface area contributed by atoms with Crippen LogP contribution in [0.1, 0.15) is 32.1 Å². The molecule has 0 aliphatic heterocycles. The standard InChI is InChI=1S/C10H14O/c11-7-10-4-2-8-1-3-9(5-8)6-10/h4,7-9H,1-3,5-6H2. The van der Waals surface area contributed by atoms with Crippen molar-refractivity contribution in [2.75, 3.05) is 0 Å². The second kappa shape index (κ2) is 2.80. The smallest absolute Gasteiger partial charge is 0.145 e. The van der Waals surface area contributed by atoms with E-state index in [1.54, 1.807) is 0 Å². The lowest BCUT2D eigenvalue weighted by Gasteiger charge is -2.05. The number of hydrogen-bond acceptors (Lipinski definition) is 1. The molecule has 0 radical (unpaired) electrons. The van der Waals surface area contributed by atoms with E-state index in [9.17, 15) is 4.79 Å². The van der Waals surface area contributed by atoms with Gasteiger partial charge >= 0.3 is 0 Å². The summed E-state index contributed by atoms with van der Waals surface area (Å²) in [7, 11) is 0. The molecule has 0 saturated heterocycles. The van der Waals surface area contributed by atoms with Gasteiger partial charge in [0.1, 0.15) is 6.29 Å². The third kappa shape index (κ3) is 1.37. The number of allylic oxidation sites excluding steroid dienone is 2. The fraction of sp³-hybridized carbons (Fsp3) is 0.700. The van der Waals surface area contributed by atoms with Crippen LogP contribution in [0.3, 0.4) is 0 Å². The molecule has 1 nitrogen and oxygen atoms in total. The maximum atomic E-state index is 10.5. The molecular formula is C10H14O. The number of rotatable bonds is 1. The molecule has 1 saturated carbocycles. The third-order valence-electron chi connectivity index (χ3n) is 3.04. The molecule has 2 bridgehead atoms. The quantitative estimate of drug-likeness (QED) is 0.524. The summed E-state index contributed by atoms with van der Waals surface area (Å²) in [5.74, 6) is 1.73. The number of carbonyl (C=O) groups excluding carboxylic acids is 1. The van der Waals surface area contributed by atoms with Crippen LogP contribution in [-0.2, 0) is 4.79 Å². The van der Waals surface area contributed by atoms with E-state index in [0.717, 1.165) is 36.5 Å². The highest BCUT2D eigenvalue weighted by molar-refractivity contribution is 5.73. The molecule has 2 atom stereocenters. The van der Waals surface area contributed by atoms with E-state index in [4.69, 9.17) is 0 Å². The Morgan fingerprint density at radius 2 is 2.18 bits per heavy atom. The van der Waals surface area contributed by atoms with Gasteiger partial charge in [-0.05, 0) is 49.5 Å². The van der Waals surface area contributed by atoms with Crippen LogP contribution in [0.15, 0.2) is 11.6 Å². The average Bonchev–Trinajstić information content (AvgIpc) is 2.31. The van der Waals surface area contributed by atoms with Gasteiger partial charge in [0.2, 0.25) is 0 Å². The maximum absolute atomic E-state index is 10.5. The van der Waals surface area contributed by atoms with Gasteiger partial charge in [0.25, 0.3) is 0 Å². The highest BCUT2D eigenvalue weighted by atomic mass is 16.1. The van der Waals surface area contributed by atoms with Crippen LogP contribution in [0.5, 0.6) is 0 Å². The van der Waals surface area contributed by atoms with Crippen molar-refractivity contribution in [2.24, 2.45) is 11.8 Å². The minimum absolute atomic E-state index is 0.832. The van der Waals surface area contributed by atoms with E-state index in [1.165, 1.54) is 19.3 Å². The second-order valence-electron chi connectivity index (χ2n) is 3.88. The molecule has 60 valence electrons. The van der Waals surface area contributed by atoms with Crippen molar-refractivity contribution in [3.63, 3.8) is 0 Å². The van der Waals surface area contributed by atoms with E-state index in [-0.39, 0.29) is 0 Å². The second-order valence-corrected chi connectivity index (χ2v) is 3.88. The molecule has 2 unspecified atom stereocenters. The van der Waals surface area contributed by atoms with E-state index >= 15 is 0 Å². The minimum Gasteiger partial charge on any atom is -0.298 e. The molecule has 0 aromatic rings. The van der Waals surface area contributed by atoms with Gasteiger partial charge in [-0.2, -0.15) is 0 Å². The van der Waals surface area contributed by atoms with Gasteiger partial charge in [-0.1, -0.05) is 6.08 Å². The summed E-state index contributed by atoms with van der Waals surface area (Å²) >= 11 is 0. The van der Waals surface area contributed by atoms with E-state index in [2.05, 4.69) is 6.08 Å². The molecule has 11 heavy (non-hydrogen) atoms. The number of fused-ring (bicyclic) bond motifs is 2. The highest BCUT2D eigenvalue weighted by Gasteiger charge is 2.26. The Kier molecular flexibility index (Phi) is 1.80. The molecule has 0 aromatic heterocycles. The summed E-state index contributed by atoms with van der Waals surface area (Å²) in [5.41, 5.74) is 1.05. The molecule has 1 fully saturated rings. The lowest BCUT2D eigenvalue weighted by atomic mass is 10.00. The van der Waals surface area contributed by atoms with Crippen molar-refractivity contribution in [3.8, 4) is 0 Å². The van der Waals surface area contributed by atoms with Gasteiger partial charge in [-0.3, -0.25) is 4.79 Å².